The van der Waals surface area contributed by atoms with Crippen LogP contribution < -0.4 is 10.6 Å². The van der Waals surface area contributed by atoms with Crippen molar-refractivity contribution in [2.45, 2.75) is 56.1 Å². The number of carbonyl (C=O) groups is 2. The van der Waals surface area contributed by atoms with Crippen LogP contribution >= 0.6 is 31.9 Å². The van der Waals surface area contributed by atoms with Gasteiger partial charge in [-0.25, -0.2) is 19.9 Å². The van der Waals surface area contributed by atoms with Crippen molar-refractivity contribution >= 4 is 66.0 Å². The fourth-order valence-corrected chi connectivity index (χ4v) is 7.26. The van der Waals surface area contributed by atoms with Crippen LogP contribution in [0.1, 0.15) is 76.9 Å². The zero-order valence-electron chi connectivity index (χ0n) is 29.1. The van der Waals surface area contributed by atoms with Crippen LogP contribution in [-0.2, 0) is 5.54 Å². The molecular formula is C41H36Br2N8O2. The molecule has 2 fully saturated rings. The Morgan fingerprint density at radius 1 is 0.679 bits per heavy atom. The van der Waals surface area contributed by atoms with Gasteiger partial charge in [-0.05, 0) is 88.1 Å². The summed E-state index contributed by atoms with van der Waals surface area (Å²) in [4.78, 5) is 46.6. The second-order valence-corrected chi connectivity index (χ2v) is 15.8. The van der Waals surface area contributed by atoms with Crippen molar-refractivity contribution in [2.75, 3.05) is 0 Å². The number of carbonyl (C=O) groups excluding carboxylic acids is 2. The number of aromatic nitrogens is 6. The molecule has 4 aromatic heterocycles. The van der Waals surface area contributed by atoms with Gasteiger partial charge in [0, 0.05) is 23.5 Å². The SMILES string of the molecule is CC1(NC(=O)c2c[nH]c3ncc(Br)nc23)CC1.CC1(NC(=O)c2cn(C(c3ccccc3)(c3ccccc3)c3ccccc3)c3ncc(Br)nc23)CC1. The van der Waals surface area contributed by atoms with Crippen molar-refractivity contribution in [3.05, 3.63) is 153 Å². The van der Waals surface area contributed by atoms with E-state index in [1.165, 1.54) is 0 Å². The van der Waals surface area contributed by atoms with Gasteiger partial charge in [0.05, 0.1) is 23.5 Å². The second kappa shape index (κ2) is 13.7. The van der Waals surface area contributed by atoms with Gasteiger partial charge in [-0.15, -0.1) is 0 Å². The minimum absolute atomic E-state index is 0.0277. The lowest BCUT2D eigenvalue weighted by Gasteiger charge is -2.38. The Balaban J connectivity index is 0.000000196. The third kappa shape index (κ3) is 6.77. The molecule has 0 saturated heterocycles. The molecule has 0 aliphatic heterocycles. The summed E-state index contributed by atoms with van der Waals surface area (Å²) in [6, 6.07) is 31.1. The van der Waals surface area contributed by atoms with E-state index in [1.54, 1.807) is 18.6 Å². The van der Waals surface area contributed by atoms with Crippen molar-refractivity contribution in [1.82, 2.24) is 40.1 Å². The molecular weight excluding hydrogens is 796 g/mol. The largest absolute Gasteiger partial charge is 0.347 e. The maximum Gasteiger partial charge on any atom is 0.255 e. The van der Waals surface area contributed by atoms with E-state index in [0.29, 0.717) is 42.7 Å². The first kappa shape index (κ1) is 34.9. The molecule has 2 amide bonds. The summed E-state index contributed by atoms with van der Waals surface area (Å²) in [5.41, 5.74) is 5.70. The van der Waals surface area contributed by atoms with Crippen LogP contribution in [0.2, 0.25) is 0 Å². The van der Waals surface area contributed by atoms with E-state index in [2.05, 4.69) is 105 Å². The highest BCUT2D eigenvalue weighted by Gasteiger charge is 2.43. The van der Waals surface area contributed by atoms with E-state index in [4.69, 9.17) is 9.97 Å². The number of hydrogen-bond donors (Lipinski definition) is 3. The van der Waals surface area contributed by atoms with E-state index >= 15 is 0 Å². The number of H-pyrrole nitrogens is 1. The third-order valence-electron chi connectivity index (χ3n) is 10.1. The van der Waals surface area contributed by atoms with Gasteiger partial charge in [-0.2, -0.15) is 0 Å². The van der Waals surface area contributed by atoms with Crippen LogP contribution in [0.3, 0.4) is 0 Å². The molecule has 2 aliphatic rings. The molecule has 53 heavy (non-hydrogen) atoms. The lowest BCUT2D eigenvalue weighted by molar-refractivity contribution is 0.0927. The van der Waals surface area contributed by atoms with Crippen LogP contribution in [0.5, 0.6) is 0 Å². The molecule has 0 spiro atoms. The maximum atomic E-state index is 13.6. The van der Waals surface area contributed by atoms with Crippen molar-refractivity contribution in [2.24, 2.45) is 0 Å². The molecule has 7 aromatic rings. The van der Waals surface area contributed by atoms with E-state index in [-0.39, 0.29) is 22.9 Å². The normalized spacial score (nSPS) is 15.3. The molecule has 9 rings (SSSR count). The maximum absolute atomic E-state index is 13.6. The summed E-state index contributed by atoms with van der Waals surface area (Å²) < 4.78 is 3.33. The van der Waals surface area contributed by atoms with Crippen LogP contribution in [0.25, 0.3) is 22.3 Å². The van der Waals surface area contributed by atoms with Gasteiger partial charge >= 0.3 is 0 Å². The Bertz CT molecular complexity index is 2360. The van der Waals surface area contributed by atoms with Gasteiger partial charge in [-0.1, -0.05) is 91.0 Å². The summed E-state index contributed by atoms with van der Waals surface area (Å²) in [5, 5.41) is 6.21. The molecule has 12 heteroatoms. The van der Waals surface area contributed by atoms with Crippen molar-refractivity contribution in [3.63, 3.8) is 0 Å². The Kier molecular flexibility index (Phi) is 8.98. The van der Waals surface area contributed by atoms with Gasteiger partial charge in [0.25, 0.3) is 11.8 Å². The number of fused-ring (bicyclic) bond motifs is 2. The predicted molar refractivity (Wildman–Crippen MR) is 212 cm³/mol. The highest BCUT2D eigenvalue weighted by molar-refractivity contribution is 9.10. The van der Waals surface area contributed by atoms with E-state index < -0.39 is 5.54 Å². The molecule has 0 unspecified atom stereocenters. The molecule has 3 aromatic carbocycles. The Hall–Kier alpha value is -5.20. The summed E-state index contributed by atoms with van der Waals surface area (Å²) in [5.74, 6) is -0.224. The number of benzene rings is 3. The second-order valence-electron chi connectivity index (χ2n) is 14.2. The zero-order chi connectivity index (χ0) is 36.8. The van der Waals surface area contributed by atoms with Crippen molar-refractivity contribution in [3.8, 4) is 0 Å². The highest BCUT2D eigenvalue weighted by atomic mass is 79.9. The van der Waals surface area contributed by atoms with Crippen LogP contribution in [0.4, 0.5) is 0 Å². The van der Waals surface area contributed by atoms with Gasteiger partial charge in [0.2, 0.25) is 0 Å². The number of nitrogens with one attached hydrogen (secondary N) is 3. The van der Waals surface area contributed by atoms with E-state index in [9.17, 15) is 9.59 Å². The molecule has 3 N–H and O–H groups in total. The number of aromatic amines is 1. The summed E-state index contributed by atoms with van der Waals surface area (Å²) in [6.45, 7) is 4.12. The topological polar surface area (TPSA) is 130 Å². The van der Waals surface area contributed by atoms with E-state index in [1.807, 2.05) is 67.7 Å². The number of halogens is 2. The quantitative estimate of drug-likeness (QED) is 0.132. The molecule has 0 bridgehead atoms. The monoisotopic (exact) mass is 830 g/mol. The first-order chi connectivity index (χ1) is 25.6. The van der Waals surface area contributed by atoms with E-state index in [0.717, 1.165) is 42.4 Å². The molecule has 0 atom stereocenters. The van der Waals surface area contributed by atoms with Crippen LogP contribution in [-0.4, -0.2) is 52.4 Å². The third-order valence-corrected chi connectivity index (χ3v) is 10.8. The molecule has 2 saturated carbocycles. The van der Waals surface area contributed by atoms with Crippen molar-refractivity contribution in [1.29, 1.82) is 0 Å². The minimum Gasteiger partial charge on any atom is -0.347 e. The Morgan fingerprint density at radius 2 is 1.13 bits per heavy atom. The minimum atomic E-state index is -0.785. The standard InChI is InChI=1S/C30H25BrN4O.C11H11BrN4O/c1-29(17-18-29)34-28(36)24-20-35(27-26(24)33-25(31)19-32-27)30(21-11-5-2-6-12-21,22-13-7-3-8-14-22)23-15-9-4-10-16-23;1-11(2-3-11)16-10(17)6-4-13-9-8(6)15-7(12)5-14-9/h2-16,19-20H,17-18H2,1H3,(H,34,36);4-5H,2-3H2,1H3,(H,13,14)(H,16,17). The van der Waals surface area contributed by atoms with Crippen LogP contribution in [0.15, 0.2) is 125 Å². The molecule has 4 heterocycles. The lowest BCUT2D eigenvalue weighted by atomic mass is 9.76. The van der Waals surface area contributed by atoms with Gasteiger partial charge in [-0.3, -0.25) is 9.59 Å². The zero-order valence-corrected chi connectivity index (χ0v) is 32.3. The predicted octanol–water partition coefficient (Wildman–Crippen LogP) is 8.32. The summed E-state index contributed by atoms with van der Waals surface area (Å²) in [7, 11) is 0. The Morgan fingerprint density at radius 3 is 1.62 bits per heavy atom. The van der Waals surface area contributed by atoms with Gasteiger partial charge < -0.3 is 20.2 Å². The molecule has 2 aliphatic carbocycles. The summed E-state index contributed by atoms with van der Waals surface area (Å²) >= 11 is 6.72. The summed E-state index contributed by atoms with van der Waals surface area (Å²) in [6.07, 6.45) is 10.9. The lowest BCUT2D eigenvalue weighted by Crippen LogP contribution is -2.38. The fraction of sp³-hybridized carbons (Fsp3) is 0.220. The molecule has 10 nitrogen and oxygen atoms in total. The molecule has 0 radical (unpaired) electrons. The average Bonchev–Trinajstić information content (AvgIpc) is 3.98. The molecule has 266 valence electrons. The number of nitrogens with zero attached hydrogens (tertiary/aromatic N) is 5. The fourth-order valence-electron chi connectivity index (χ4n) is 6.70. The first-order valence-electron chi connectivity index (χ1n) is 17.4. The van der Waals surface area contributed by atoms with Crippen LogP contribution in [0, 0.1) is 0 Å². The first-order valence-corrected chi connectivity index (χ1v) is 19.0. The Labute approximate surface area is 323 Å². The number of rotatable bonds is 8. The smallest absolute Gasteiger partial charge is 0.255 e. The average molecular weight is 833 g/mol. The van der Waals surface area contributed by atoms with Gasteiger partial charge in [0.15, 0.2) is 11.3 Å². The highest BCUT2D eigenvalue weighted by Crippen LogP contribution is 2.44. The van der Waals surface area contributed by atoms with Gasteiger partial charge in [0.1, 0.15) is 25.8 Å². The van der Waals surface area contributed by atoms with Crippen molar-refractivity contribution < 1.29 is 9.59 Å². The number of amides is 2. The number of hydrogen-bond acceptors (Lipinski definition) is 6.